The molecule has 0 fully saturated rings. The molecule has 0 saturated carbocycles. The fourth-order valence-electron chi connectivity index (χ4n) is 3.28. The van der Waals surface area contributed by atoms with Crippen molar-refractivity contribution >= 4 is 35.0 Å². The fraction of sp³-hybridized carbons (Fsp3) is 0.120. The zero-order valence-corrected chi connectivity index (χ0v) is 19.8. The van der Waals surface area contributed by atoms with E-state index in [0.29, 0.717) is 33.9 Å². The Morgan fingerprint density at radius 3 is 2.56 bits per heavy atom. The number of hydrogen-bond acceptors (Lipinski definition) is 6. The number of carbonyl (C=O) groups is 1. The highest BCUT2D eigenvalue weighted by Gasteiger charge is 2.19. The molecular formula is C25H20ClN5O2S. The number of benzene rings is 3. The summed E-state index contributed by atoms with van der Waals surface area (Å²) in [7, 11) is 0. The second-order valence-electron chi connectivity index (χ2n) is 7.04. The minimum absolute atomic E-state index is 0.0808. The maximum Gasteiger partial charge on any atom is 0.234 e. The molecule has 0 aliphatic rings. The van der Waals surface area contributed by atoms with Crippen molar-refractivity contribution in [3.05, 3.63) is 83.4 Å². The number of para-hydroxylation sites is 1. The summed E-state index contributed by atoms with van der Waals surface area (Å²) in [4.78, 5) is 12.6. The van der Waals surface area contributed by atoms with E-state index < -0.39 is 0 Å². The molecule has 170 valence electrons. The van der Waals surface area contributed by atoms with E-state index in [1.807, 2.05) is 54.0 Å². The predicted molar refractivity (Wildman–Crippen MR) is 133 cm³/mol. The van der Waals surface area contributed by atoms with Crippen LogP contribution in [0.15, 0.2) is 78.0 Å². The normalized spacial score (nSPS) is 10.5. The third-order valence-electron chi connectivity index (χ3n) is 4.81. The molecule has 0 aliphatic carbocycles. The summed E-state index contributed by atoms with van der Waals surface area (Å²) in [5.74, 6) is 1.14. The van der Waals surface area contributed by atoms with Crippen LogP contribution in [-0.4, -0.2) is 33.0 Å². The van der Waals surface area contributed by atoms with E-state index >= 15 is 0 Å². The molecule has 0 unspecified atom stereocenters. The molecule has 0 radical (unpaired) electrons. The van der Waals surface area contributed by atoms with Crippen LogP contribution in [0.3, 0.4) is 0 Å². The van der Waals surface area contributed by atoms with Gasteiger partial charge in [-0.05, 0) is 55.5 Å². The average Bonchev–Trinajstić information content (AvgIpc) is 3.28. The number of rotatable bonds is 8. The number of anilines is 1. The monoisotopic (exact) mass is 489 g/mol. The van der Waals surface area contributed by atoms with Crippen molar-refractivity contribution in [1.29, 1.82) is 5.26 Å². The zero-order valence-electron chi connectivity index (χ0n) is 18.2. The van der Waals surface area contributed by atoms with Gasteiger partial charge in [0.25, 0.3) is 0 Å². The molecule has 1 N–H and O–H groups in total. The zero-order chi connectivity index (χ0) is 23.9. The molecule has 0 aliphatic heterocycles. The molecule has 1 amide bonds. The number of ether oxygens (including phenoxy) is 1. The highest BCUT2D eigenvalue weighted by Crippen LogP contribution is 2.32. The molecule has 0 atom stereocenters. The Hall–Kier alpha value is -3.80. The van der Waals surface area contributed by atoms with E-state index in [2.05, 4.69) is 21.6 Å². The molecule has 4 rings (SSSR count). The molecule has 34 heavy (non-hydrogen) atoms. The Kier molecular flexibility index (Phi) is 7.48. The Morgan fingerprint density at radius 2 is 1.82 bits per heavy atom. The standard InChI is InChI=1S/C25H20ClN5O2S/c1-2-33-19-13-11-18(12-14-19)31-24(20-8-4-5-9-21(20)26)29-30-25(31)34-16-23(32)28-22-10-6-3-7-17(22)15-27/h3-14H,2,16H2,1H3,(H,28,32). The molecule has 0 bridgehead atoms. The van der Waals surface area contributed by atoms with E-state index in [1.54, 1.807) is 30.3 Å². The first-order valence-electron chi connectivity index (χ1n) is 10.5. The van der Waals surface area contributed by atoms with E-state index in [-0.39, 0.29) is 11.7 Å². The van der Waals surface area contributed by atoms with Gasteiger partial charge in [-0.15, -0.1) is 10.2 Å². The van der Waals surface area contributed by atoms with Gasteiger partial charge in [-0.2, -0.15) is 5.26 Å². The molecular weight excluding hydrogens is 470 g/mol. The lowest BCUT2D eigenvalue weighted by Gasteiger charge is -2.12. The quantitative estimate of drug-likeness (QED) is 0.324. The van der Waals surface area contributed by atoms with Crippen LogP contribution in [0.25, 0.3) is 17.1 Å². The number of hydrogen-bond donors (Lipinski definition) is 1. The first-order valence-corrected chi connectivity index (χ1v) is 11.8. The minimum Gasteiger partial charge on any atom is -0.494 e. The Morgan fingerprint density at radius 1 is 1.09 bits per heavy atom. The number of thioether (sulfide) groups is 1. The number of aromatic nitrogens is 3. The summed E-state index contributed by atoms with van der Waals surface area (Å²) >= 11 is 7.68. The van der Waals surface area contributed by atoms with Gasteiger partial charge in [0.15, 0.2) is 11.0 Å². The van der Waals surface area contributed by atoms with Gasteiger partial charge in [-0.1, -0.05) is 47.6 Å². The number of nitrogens with one attached hydrogen (secondary N) is 1. The maximum absolute atomic E-state index is 12.6. The predicted octanol–water partition coefficient (Wildman–Crippen LogP) is 5.59. The van der Waals surface area contributed by atoms with E-state index in [4.69, 9.17) is 16.3 Å². The molecule has 4 aromatic rings. The summed E-state index contributed by atoms with van der Waals surface area (Å²) in [6.45, 7) is 2.50. The van der Waals surface area contributed by atoms with Crippen LogP contribution in [0.1, 0.15) is 12.5 Å². The van der Waals surface area contributed by atoms with Crippen molar-refractivity contribution in [2.75, 3.05) is 17.7 Å². The maximum atomic E-state index is 12.6. The van der Waals surface area contributed by atoms with Crippen molar-refractivity contribution in [2.24, 2.45) is 0 Å². The topological polar surface area (TPSA) is 92.8 Å². The van der Waals surface area contributed by atoms with Gasteiger partial charge < -0.3 is 10.1 Å². The molecule has 7 nitrogen and oxygen atoms in total. The van der Waals surface area contributed by atoms with E-state index in [9.17, 15) is 10.1 Å². The fourth-order valence-corrected chi connectivity index (χ4v) is 4.25. The summed E-state index contributed by atoms with van der Waals surface area (Å²) in [6.07, 6.45) is 0. The molecule has 9 heteroatoms. The number of carbonyl (C=O) groups excluding carboxylic acids is 1. The Labute approximate surface area is 206 Å². The SMILES string of the molecule is CCOc1ccc(-n2c(SCC(=O)Nc3ccccc3C#N)nnc2-c2ccccc2Cl)cc1. The van der Waals surface area contributed by atoms with Crippen LogP contribution in [0.5, 0.6) is 5.75 Å². The summed E-state index contributed by atoms with van der Waals surface area (Å²) in [5.41, 5.74) is 2.41. The lowest BCUT2D eigenvalue weighted by Crippen LogP contribution is -2.15. The van der Waals surface area contributed by atoms with Crippen LogP contribution < -0.4 is 10.1 Å². The Balaban J connectivity index is 1.63. The van der Waals surface area contributed by atoms with Gasteiger partial charge in [0.05, 0.1) is 28.6 Å². The summed E-state index contributed by atoms with van der Waals surface area (Å²) in [5, 5.41) is 21.8. The van der Waals surface area contributed by atoms with Crippen LogP contribution in [-0.2, 0) is 4.79 Å². The molecule has 3 aromatic carbocycles. The van der Waals surface area contributed by atoms with Gasteiger partial charge in [0, 0.05) is 11.3 Å². The number of halogens is 1. The Bertz CT molecular complexity index is 1350. The lowest BCUT2D eigenvalue weighted by atomic mass is 10.2. The second kappa shape index (κ2) is 10.9. The van der Waals surface area contributed by atoms with Crippen LogP contribution >= 0.6 is 23.4 Å². The minimum atomic E-state index is -0.256. The molecule has 0 spiro atoms. The van der Waals surface area contributed by atoms with Crippen molar-refractivity contribution in [2.45, 2.75) is 12.1 Å². The first-order chi connectivity index (χ1) is 16.6. The third kappa shape index (κ3) is 5.22. The van der Waals surface area contributed by atoms with E-state index in [0.717, 1.165) is 17.0 Å². The number of nitriles is 1. The highest BCUT2D eigenvalue weighted by molar-refractivity contribution is 7.99. The number of amides is 1. The van der Waals surface area contributed by atoms with Crippen LogP contribution in [0, 0.1) is 11.3 Å². The van der Waals surface area contributed by atoms with E-state index in [1.165, 1.54) is 11.8 Å². The summed E-state index contributed by atoms with van der Waals surface area (Å²) in [6, 6.07) is 23.9. The smallest absolute Gasteiger partial charge is 0.234 e. The highest BCUT2D eigenvalue weighted by atomic mass is 35.5. The largest absolute Gasteiger partial charge is 0.494 e. The van der Waals surface area contributed by atoms with Gasteiger partial charge >= 0.3 is 0 Å². The molecule has 0 saturated heterocycles. The molecule has 1 aromatic heterocycles. The summed E-state index contributed by atoms with van der Waals surface area (Å²) < 4.78 is 7.41. The van der Waals surface area contributed by atoms with Gasteiger partial charge in [0.2, 0.25) is 5.91 Å². The van der Waals surface area contributed by atoms with Gasteiger partial charge in [-0.25, -0.2) is 0 Å². The van der Waals surface area contributed by atoms with Crippen molar-refractivity contribution in [1.82, 2.24) is 14.8 Å². The lowest BCUT2D eigenvalue weighted by molar-refractivity contribution is -0.113. The van der Waals surface area contributed by atoms with Gasteiger partial charge in [0.1, 0.15) is 11.8 Å². The average molecular weight is 490 g/mol. The van der Waals surface area contributed by atoms with Crippen LogP contribution in [0.4, 0.5) is 5.69 Å². The first kappa shape index (κ1) is 23.4. The van der Waals surface area contributed by atoms with Crippen molar-refractivity contribution in [3.8, 4) is 28.9 Å². The third-order valence-corrected chi connectivity index (χ3v) is 6.07. The van der Waals surface area contributed by atoms with Crippen molar-refractivity contribution in [3.63, 3.8) is 0 Å². The molecule has 1 heterocycles. The van der Waals surface area contributed by atoms with Crippen molar-refractivity contribution < 1.29 is 9.53 Å². The van der Waals surface area contributed by atoms with Gasteiger partial charge in [-0.3, -0.25) is 9.36 Å². The second-order valence-corrected chi connectivity index (χ2v) is 8.39. The van der Waals surface area contributed by atoms with Crippen LogP contribution in [0.2, 0.25) is 5.02 Å². The number of nitrogens with zero attached hydrogens (tertiary/aromatic N) is 4.